The van der Waals surface area contributed by atoms with Gasteiger partial charge in [-0.3, -0.25) is 4.68 Å². The molecule has 2 rings (SSSR count). The number of carbonyl (C=O) groups excluding carboxylic acids is 2. The standard InChI is InChI=1S/C18H23N3O3/c1-5-21-16(10-11-19-21)14-8-6-13(7-9-14)15(12-22)20-17(23)24-18(2,3)4/h6-12,15H,5H2,1-4H3,(H,20,23)/t15-/m0/s1. The summed E-state index contributed by atoms with van der Waals surface area (Å²) in [5.74, 6) is 0. The Labute approximate surface area is 141 Å². The zero-order chi connectivity index (χ0) is 17.7. The van der Waals surface area contributed by atoms with Gasteiger partial charge in [0.15, 0.2) is 0 Å². The molecule has 1 aromatic carbocycles. The molecule has 128 valence electrons. The number of hydrogen-bond donors (Lipinski definition) is 1. The molecule has 1 amide bonds. The van der Waals surface area contributed by atoms with Crippen molar-refractivity contribution >= 4 is 12.4 Å². The molecule has 0 aliphatic rings. The third-order valence-corrected chi connectivity index (χ3v) is 3.39. The molecule has 1 atom stereocenters. The molecule has 0 saturated carbocycles. The highest BCUT2D eigenvalue weighted by molar-refractivity contribution is 5.75. The minimum atomic E-state index is -0.745. The van der Waals surface area contributed by atoms with Crippen molar-refractivity contribution in [1.29, 1.82) is 0 Å². The van der Waals surface area contributed by atoms with Crippen molar-refractivity contribution in [1.82, 2.24) is 15.1 Å². The van der Waals surface area contributed by atoms with E-state index >= 15 is 0 Å². The van der Waals surface area contributed by atoms with E-state index in [4.69, 9.17) is 4.74 Å². The predicted molar refractivity (Wildman–Crippen MR) is 91.5 cm³/mol. The number of hydrogen-bond acceptors (Lipinski definition) is 4. The van der Waals surface area contributed by atoms with Gasteiger partial charge in [0.1, 0.15) is 17.9 Å². The summed E-state index contributed by atoms with van der Waals surface area (Å²) in [5, 5.41) is 6.81. The molecule has 1 aromatic heterocycles. The van der Waals surface area contributed by atoms with Crippen LogP contribution in [0.25, 0.3) is 11.3 Å². The highest BCUT2D eigenvalue weighted by Crippen LogP contribution is 2.21. The van der Waals surface area contributed by atoms with Crippen LogP contribution < -0.4 is 5.32 Å². The van der Waals surface area contributed by atoms with Crippen molar-refractivity contribution in [3.63, 3.8) is 0 Å². The molecule has 0 spiro atoms. The molecule has 0 aliphatic carbocycles. The van der Waals surface area contributed by atoms with Gasteiger partial charge in [0.05, 0.1) is 5.69 Å². The molecule has 1 N–H and O–H groups in total. The summed E-state index contributed by atoms with van der Waals surface area (Å²) >= 11 is 0. The first-order valence-corrected chi connectivity index (χ1v) is 7.91. The second-order valence-corrected chi connectivity index (χ2v) is 6.41. The average molecular weight is 329 g/mol. The van der Waals surface area contributed by atoms with Crippen LogP contribution in [0.4, 0.5) is 4.79 Å². The fourth-order valence-electron chi connectivity index (χ4n) is 2.32. The fraction of sp³-hybridized carbons (Fsp3) is 0.389. The highest BCUT2D eigenvalue weighted by atomic mass is 16.6. The van der Waals surface area contributed by atoms with Crippen molar-refractivity contribution in [2.24, 2.45) is 0 Å². The number of rotatable bonds is 5. The molecule has 0 unspecified atom stereocenters. The summed E-state index contributed by atoms with van der Waals surface area (Å²) in [5.41, 5.74) is 2.09. The molecule has 6 heteroatoms. The van der Waals surface area contributed by atoms with E-state index < -0.39 is 17.7 Å². The van der Waals surface area contributed by atoms with Crippen molar-refractivity contribution in [3.05, 3.63) is 42.1 Å². The van der Waals surface area contributed by atoms with Gasteiger partial charge in [0.2, 0.25) is 0 Å². The topological polar surface area (TPSA) is 73.2 Å². The Bertz CT molecular complexity index is 699. The van der Waals surface area contributed by atoms with E-state index in [-0.39, 0.29) is 0 Å². The zero-order valence-corrected chi connectivity index (χ0v) is 14.4. The summed E-state index contributed by atoms with van der Waals surface area (Å²) < 4.78 is 7.08. The number of nitrogens with zero attached hydrogens (tertiary/aromatic N) is 2. The molecule has 0 saturated heterocycles. The second-order valence-electron chi connectivity index (χ2n) is 6.41. The predicted octanol–water partition coefficient (Wildman–Crippen LogP) is 3.33. The van der Waals surface area contributed by atoms with Gasteiger partial charge in [0, 0.05) is 12.7 Å². The third-order valence-electron chi connectivity index (χ3n) is 3.39. The molecular formula is C18H23N3O3. The van der Waals surface area contributed by atoms with Gasteiger partial charge in [-0.1, -0.05) is 24.3 Å². The number of carbonyl (C=O) groups is 2. The number of benzene rings is 1. The van der Waals surface area contributed by atoms with Crippen molar-refractivity contribution in [3.8, 4) is 11.3 Å². The molecule has 1 heterocycles. The Morgan fingerprint density at radius 1 is 1.29 bits per heavy atom. The fourth-order valence-corrected chi connectivity index (χ4v) is 2.32. The quantitative estimate of drug-likeness (QED) is 0.854. The van der Waals surface area contributed by atoms with E-state index in [2.05, 4.69) is 10.4 Å². The van der Waals surface area contributed by atoms with Gasteiger partial charge < -0.3 is 14.8 Å². The van der Waals surface area contributed by atoms with Crippen LogP contribution >= 0.6 is 0 Å². The van der Waals surface area contributed by atoms with Gasteiger partial charge in [-0.25, -0.2) is 4.79 Å². The maximum Gasteiger partial charge on any atom is 0.408 e. The molecule has 0 bridgehead atoms. The lowest BCUT2D eigenvalue weighted by Crippen LogP contribution is -2.35. The molecule has 24 heavy (non-hydrogen) atoms. The summed E-state index contributed by atoms with van der Waals surface area (Å²) in [4.78, 5) is 23.2. The maximum absolute atomic E-state index is 11.8. The monoisotopic (exact) mass is 329 g/mol. The molecule has 2 aromatic rings. The number of amides is 1. The maximum atomic E-state index is 11.8. The van der Waals surface area contributed by atoms with Gasteiger partial charge in [-0.2, -0.15) is 5.10 Å². The van der Waals surface area contributed by atoms with Crippen LogP contribution in [0.5, 0.6) is 0 Å². The number of aldehydes is 1. The van der Waals surface area contributed by atoms with Gasteiger partial charge in [0.25, 0.3) is 0 Å². The van der Waals surface area contributed by atoms with E-state index in [9.17, 15) is 9.59 Å². The highest BCUT2D eigenvalue weighted by Gasteiger charge is 2.20. The van der Waals surface area contributed by atoms with Crippen LogP contribution in [0.2, 0.25) is 0 Å². The largest absolute Gasteiger partial charge is 0.444 e. The van der Waals surface area contributed by atoms with Crippen LogP contribution in [0.1, 0.15) is 39.3 Å². The lowest BCUT2D eigenvalue weighted by Gasteiger charge is -2.21. The summed E-state index contributed by atoms with van der Waals surface area (Å²) in [6.45, 7) is 8.12. The number of ether oxygens (including phenoxy) is 1. The lowest BCUT2D eigenvalue weighted by atomic mass is 10.0. The number of aryl methyl sites for hydroxylation is 1. The van der Waals surface area contributed by atoms with Gasteiger partial charge in [-0.05, 0) is 44.9 Å². The second kappa shape index (κ2) is 7.29. The molecular weight excluding hydrogens is 306 g/mol. The molecule has 0 aliphatic heterocycles. The Morgan fingerprint density at radius 3 is 2.50 bits per heavy atom. The van der Waals surface area contributed by atoms with E-state index in [1.165, 1.54) is 0 Å². The van der Waals surface area contributed by atoms with E-state index in [0.29, 0.717) is 11.8 Å². The van der Waals surface area contributed by atoms with Crippen LogP contribution in [0.15, 0.2) is 36.5 Å². The number of nitrogens with one attached hydrogen (secondary N) is 1. The minimum Gasteiger partial charge on any atom is -0.444 e. The van der Waals surface area contributed by atoms with Crippen LogP contribution in [-0.4, -0.2) is 27.8 Å². The summed E-state index contributed by atoms with van der Waals surface area (Å²) in [6.07, 6.45) is 1.83. The van der Waals surface area contributed by atoms with Crippen LogP contribution in [-0.2, 0) is 16.1 Å². The summed E-state index contributed by atoms with van der Waals surface area (Å²) in [7, 11) is 0. The first kappa shape index (κ1) is 17.7. The summed E-state index contributed by atoms with van der Waals surface area (Å²) in [6, 6.07) is 8.65. The molecule has 6 nitrogen and oxygen atoms in total. The normalized spacial score (nSPS) is 12.5. The van der Waals surface area contributed by atoms with Crippen molar-refractivity contribution < 1.29 is 14.3 Å². The van der Waals surface area contributed by atoms with E-state index in [1.54, 1.807) is 27.0 Å². The zero-order valence-electron chi connectivity index (χ0n) is 14.4. The Balaban J connectivity index is 2.13. The first-order chi connectivity index (χ1) is 11.3. The number of aromatic nitrogens is 2. The number of alkyl carbamates (subject to hydrolysis) is 1. The van der Waals surface area contributed by atoms with Crippen molar-refractivity contribution in [2.75, 3.05) is 0 Å². The molecule has 0 fully saturated rings. The van der Waals surface area contributed by atoms with Gasteiger partial charge in [-0.15, -0.1) is 0 Å². The average Bonchev–Trinajstić information content (AvgIpc) is 2.99. The SMILES string of the molecule is CCn1nccc1-c1ccc([C@H](C=O)NC(=O)OC(C)(C)C)cc1. The van der Waals surface area contributed by atoms with E-state index in [0.717, 1.165) is 17.8 Å². The Hall–Kier alpha value is -2.63. The Morgan fingerprint density at radius 2 is 1.96 bits per heavy atom. The van der Waals surface area contributed by atoms with Crippen LogP contribution in [0, 0.1) is 0 Å². The third kappa shape index (κ3) is 4.44. The van der Waals surface area contributed by atoms with Crippen LogP contribution in [0.3, 0.4) is 0 Å². The molecule has 0 radical (unpaired) electrons. The first-order valence-electron chi connectivity index (χ1n) is 7.91. The lowest BCUT2D eigenvalue weighted by molar-refractivity contribution is -0.109. The smallest absolute Gasteiger partial charge is 0.408 e. The van der Waals surface area contributed by atoms with Crippen molar-refractivity contribution in [2.45, 2.75) is 45.9 Å². The van der Waals surface area contributed by atoms with E-state index in [1.807, 2.05) is 41.9 Å². The Kier molecular flexibility index (Phi) is 5.39. The minimum absolute atomic E-state index is 0.611. The van der Waals surface area contributed by atoms with Gasteiger partial charge >= 0.3 is 6.09 Å².